The van der Waals surface area contributed by atoms with E-state index in [0.717, 1.165) is 12.8 Å². The second-order valence-electron chi connectivity index (χ2n) is 5.55. The van der Waals surface area contributed by atoms with E-state index in [1.165, 1.54) is 11.4 Å². The van der Waals surface area contributed by atoms with Gasteiger partial charge in [-0.05, 0) is 25.2 Å². The predicted molar refractivity (Wildman–Crippen MR) is 69.5 cm³/mol. The Morgan fingerprint density at radius 2 is 1.89 bits per heavy atom. The fraction of sp³-hybridized carbons (Fsp3) is 0.917. The zero-order valence-electron chi connectivity index (χ0n) is 11.8. The third-order valence-electron chi connectivity index (χ3n) is 4.10. The quantitative estimate of drug-likeness (QED) is 0.685. The second kappa shape index (κ2) is 5.17. The molecule has 18 heavy (non-hydrogen) atoms. The van der Waals surface area contributed by atoms with Gasteiger partial charge < -0.3 is 4.74 Å². The average Bonchev–Trinajstić information content (AvgIpc) is 3.04. The molecule has 0 radical (unpaired) electrons. The Balaban J connectivity index is 2.71. The van der Waals surface area contributed by atoms with Gasteiger partial charge in [-0.3, -0.25) is 4.79 Å². The van der Waals surface area contributed by atoms with Gasteiger partial charge in [0.15, 0.2) is 0 Å². The van der Waals surface area contributed by atoms with Crippen LogP contribution in [-0.4, -0.2) is 44.6 Å². The summed E-state index contributed by atoms with van der Waals surface area (Å²) in [6.45, 7) is 5.58. The first kappa shape index (κ1) is 15.4. The molecule has 0 aromatic rings. The van der Waals surface area contributed by atoms with Gasteiger partial charge >= 0.3 is 5.97 Å². The third kappa shape index (κ3) is 3.23. The molecule has 0 amide bonds. The van der Waals surface area contributed by atoms with E-state index in [4.69, 9.17) is 0 Å². The second-order valence-corrected chi connectivity index (χ2v) is 7.62. The normalized spacial score (nSPS) is 21.4. The highest BCUT2D eigenvalue weighted by Crippen LogP contribution is 2.50. The van der Waals surface area contributed by atoms with Crippen molar-refractivity contribution in [1.29, 1.82) is 0 Å². The maximum Gasteiger partial charge on any atom is 0.309 e. The topological polar surface area (TPSA) is 63.7 Å². The number of hydrogen-bond donors (Lipinski definition) is 0. The van der Waals surface area contributed by atoms with Crippen LogP contribution in [0.15, 0.2) is 0 Å². The molecular formula is C12H23NO4S. The molecule has 0 aliphatic heterocycles. The lowest BCUT2D eigenvalue weighted by Gasteiger charge is -2.29. The lowest BCUT2D eigenvalue weighted by atomic mass is 10.0. The molecule has 1 aliphatic carbocycles. The summed E-state index contributed by atoms with van der Waals surface area (Å²) >= 11 is 0. The first-order valence-electron chi connectivity index (χ1n) is 6.17. The van der Waals surface area contributed by atoms with Crippen molar-refractivity contribution in [3.05, 3.63) is 0 Å². The Hall–Kier alpha value is -0.620. The summed E-state index contributed by atoms with van der Waals surface area (Å²) in [5.74, 6) is -1.32. The fourth-order valence-electron chi connectivity index (χ4n) is 2.00. The maximum atomic E-state index is 12.2. The van der Waals surface area contributed by atoms with Crippen molar-refractivity contribution in [3.63, 3.8) is 0 Å². The van der Waals surface area contributed by atoms with Crippen LogP contribution >= 0.6 is 0 Å². The highest BCUT2D eigenvalue weighted by Gasteiger charge is 2.46. The van der Waals surface area contributed by atoms with Crippen LogP contribution in [0.1, 0.15) is 33.6 Å². The Bertz CT molecular complexity index is 414. The molecule has 1 fully saturated rings. The summed E-state index contributed by atoms with van der Waals surface area (Å²) in [5, 5.41) is 0. The largest absolute Gasteiger partial charge is 0.469 e. The van der Waals surface area contributed by atoms with Gasteiger partial charge in [-0.25, -0.2) is 12.7 Å². The first-order chi connectivity index (χ1) is 8.14. The molecule has 5 nitrogen and oxygen atoms in total. The van der Waals surface area contributed by atoms with Crippen LogP contribution in [0.2, 0.25) is 0 Å². The number of ether oxygens (including phenoxy) is 1. The summed E-state index contributed by atoms with van der Waals surface area (Å²) in [6.07, 6.45) is 2.11. The Kier molecular flexibility index (Phi) is 4.43. The molecule has 0 unspecified atom stereocenters. The number of esters is 1. The van der Waals surface area contributed by atoms with E-state index in [9.17, 15) is 13.2 Å². The zero-order chi connectivity index (χ0) is 14.1. The number of methoxy groups -OCH3 is 1. The number of hydrogen-bond acceptors (Lipinski definition) is 4. The molecule has 0 saturated heterocycles. The molecule has 0 bridgehead atoms. The van der Waals surface area contributed by atoms with Crippen molar-refractivity contribution < 1.29 is 17.9 Å². The molecule has 0 aromatic carbocycles. The van der Waals surface area contributed by atoms with Gasteiger partial charge in [0, 0.05) is 13.1 Å². The van der Waals surface area contributed by atoms with E-state index in [1.807, 2.05) is 6.92 Å². The van der Waals surface area contributed by atoms with Crippen LogP contribution in [-0.2, 0) is 19.6 Å². The van der Waals surface area contributed by atoms with Crippen LogP contribution in [0, 0.1) is 11.3 Å². The monoisotopic (exact) mass is 277 g/mol. The number of carbonyl (C=O) groups excluding carboxylic acids is 1. The Labute approximate surface area is 110 Å². The van der Waals surface area contributed by atoms with Crippen LogP contribution in [0.25, 0.3) is 0 Å². The molecule has 0 heterocycles. The molecule has 1 aliphatic rings. The zero-order valence-corrected chi connectivity index (χ0v) is 12.6. The Morgan fingerprint density at radius 1 is 1.39 bits per heavy atom. The summed E-state index contributed by atoms with van der Waals surface area (Å²) < 4.78 is 30.3. The van der Waals surface area contributed by atoms with Crippen LogP contribution in [0.5, 0.6) is 0 Å². The van der Waals surface area contributed by atoms with Crippen LogP contribution < -0.4 is 0 Å². The number of rotatable bonds is 6. The first-order valence-corrected chi connectivity index (χ1v) is 7.78. The van der Waals surface area contributed by atoms with Crippen molar-refractivity contribution >= 4 is 16.0 Å². The molecule has 0 aromatic heterocycles. The standard InChI is InChI=1S/C12H23NO4S/c1-9(11(14)17-5)8-18(15,16)13(4)10(2)12(3)6-7-12/h9-10H,6-8H2,1-5H3/t9-,10+/m1/s1. The molecule has 106 valence electrons. The third-order valence-corrected chi connectivity index (χ3v) is 6.21. The van der Waals surface area contributed by atoms with Crippen LogP contribution in [0.3, 0.4) is 0 Å². The van der Waals surface area contributed by atoms with E-state index in [2.05, 4.69) is 11.7 Å². The molecule has 1 rings (SSSR count). The van der Waals surface area contributed by atoms with E-state index in [0.29, 0.717) is 0 Å². The van der Waals surface area contributed by atoms with E-state index < -0.39 is 21.9 Å². The van der Waals surface area contributed by atoms with Gasteiger partial charge in [-0.1, -0.05) is 13.8 Å². The highest BCUT2D eigenvalue weighted by atomic mass is 32.2. The smallest absolute Gasteiger partial charge is 0.309 e. The van der Waals surface area contributed by atoms with Crippen molar-refractivity contribution in [2.24, 2.45) is 11.3 Å². The average molecular weight is 277 g/mol. The SMILES string of the molecule is COC(=O)[C@H](C)CS(=O)(=O)N(C)[C@@H](C)C1(C)CC1. The number of nitrogens with zero attached hydrogens (tertiary/aromatic N) is 1. The molecule has 1 saturated carbocycles. The maximum absolute atomic E-state index is 12.2. The Morgan fingerprint density at radius 3 is 2.28 bits per heavy atom. The van der Waals surface area contributed by atoms with E-state index >= 15 is 0 Å². The number of sulfonamides is 1. The molecule has 0 spiro atoms. The predicted octanol–water partition coefficient (Wildman–Crippen LogP) is 1.25. The van der Waals surface area contributed by atoms with Gasteiger partial charge in [-0.15, -0.1) is 0 Å². The van der Waals surface area contributed by atoms with Gasteiger partial charge in [0.05, 0.1) is 18.8 Å². The van der Waals surface area contributed by atoms with Crippen molar-refractivity contribution in [2.45, 2.75) is 39.7 Å². The fourth-order valence-corrected chi connectivity index (χ4v) is 3.74. The lowest BCUT2D eigenvalue weighted by Crippen LogP contribution is -2.42. The lowest BCUT2D eigenvalue weighted by molar-refractivity contribution is -0.144. The molecular weight excluding hydrogens is 254 g/mol. The van der Waals surface area contributed by atoms with E-state index in [1.54, 1.807) is 14.0 Å². The summed E-state index contributed by atoms with van der Waals surface area (Å²) in [4.78, 5) is 11.3. The minimum absolute atomic E-state index is 0.0349. The van der Waals surface area contributed by atoms with Gasteiger partial charge in [0.25, 0.3) is 0 Å². The number of carbonyl (C=O) groups is 1. The molecule has 0 N–H and O–H groups in total. The summed E-state index contributed by atoms with van der Waals surface area (Å²) in [6, 6.07) is -0.0349. The van der Waals surface area contributed by atoms with Crippen molar-refractivity contribution in [2.75, 3.05) is 19.9 Å². The van der Waals surface area contributed by atoms with Crippen LogP contribution in [0.4, 0.5) is 0 Å². The summed E-state index contributed by atoms with van der Waals surface area (Å²) in [7, 11) is -0.567. The van der Waals surface area contributed by atoms with Gasteiger partial charge in [0.1, 0.15) is 0 Å². The van der Waals surface area contributed by atoms with Gasteiger partial charge in [0.2, 0.25) is 10.0 Å². The minimum Gasteiger partial charge on any atom is -0.469 e. The summed E-state index contributed by atoms with van der Waals surface area (Å²) in [5.41, 5.74) is 0.0936. The highest BCUT2D eigenvalue weighted by molar-refractivity contribution is 7.89. The van der Waals surface area contributed by atoms with Gasteiger partial charge in [-0.2, -0.15) is 0 Å². The van der Waals surface area contributed by atoms with E-state index in [-0.39, 0.29) is 17.2 Å². The molecule has 6 heteroatoms. The minimum atomic E-state index is -3.42. The van der Waals surface area contributed by atoms with Crippen molar-refractivity contribution in [3.8, 4) is 0 Å². The van der Waals surface area contributed by atoms with Crippen molar-refractivity contribution in [1.82, 2.24) is 4.31 Å². The molecule has 2 atom stereocenters.